The maximum absolute atomic E-state index is 13.7. The molecule has 36 heavy (non-hydrogen) atoms. The van der Waals surface area contributed by atoms with Gasteiger partial charge in [0.2, 0.25) is 11.8 Å². The van der Waals surface area contributed by atoms with E-state index in [1.54, 1.807) is 30.5 Å². The largest absolute Gasteiger partial charge is 0.497 e. The molecule has 0 bridgehead atoms. The van der Waals surface area contributed by atoms with Gasteiger partial charge in [-0.1, -0.05) is 42.5 Å². The number of fused-ring (bicyclic) bond motifs is 1. The molecule has 2 heterocycles. The van der Waals surface area contributed by atoms with Gasteiger partial charge in [-0.15, -0.1) is 11.3 Å². The Morgan fingerprint density at radius 1 is 1.06 bits per heavy atom. The molecule has 0 spiro atoms. The first-order valence-electron chi connectivity index (χ1n) is 12.4. The third-order valence-corrected chi connectivity index (χ3v) is 7.64. The second kappa shape index (κ2) is 12.7. The van der Waals surface area contributed by atoms with Crippen molar-refractivity contribution in [2.75, 3.05) is 40.5 Å². The number of thiophene rings is 1. The molecule has 1 atom stereocenters. The minimum Gasteiger partial charge on any atom is -0.497 e. The summed E-state index contributed by atoms with van der Waals surface area (Å²) in [6.07, 6.45) is 2.56. The maximum Gasteiger partial charge on any atom is 0.242 e. The number of hydrogen-bond donors (Lipinski definition) is 0. The molecule has 0 saturated heterocycles. The summed E-state index contributed by atoms with van der Waals surface area (Å²) in [5.41, 5.74) is 3.34. The van der Waals surface area contributed by atoms with E-state index in [-0.39, 0.29) is 24.4 Å². The van der Waals surface area contributed by atoms with Gasteiger partial charge in [0.1, 0.15) is 5.75 Å². The third kappa shape index (κ3) is 6.33. The van der Waals surface area contributed by atoms with Crippen LogP contribution in [0.15, 0.2) is 66.0 Å². The molecule has 0 aliphatic carbocycles. The van der Waals surface area contributed by atoms with Crippen LogP contribution in [0.3, 0.4) is 0 Å². The van der Waals surface area contributed by atoms with Crippen molar-refractivity contribution < 1.29 is 19.1 Å². The van der Waals surface area contributed by atoms with Gasteiger partial charge in [-0.2, -0.15) is 0 Å². The Bertz CT molecular complexity index is 1130. The standard InChI is InChI=1S/C29H34N2O4S/c1-34-19-6-17-30(27(32)14-9-22-7-4-3-5-8-22)21-28(33)31-18-15-26-25(16-20-36-26)29(31)23-10-12-24(35-2)13-11-23/h3-5,7-8,10-13,16,20,29H,6,9,14-15,17-19,21H2,1-2H3. The zero-order valence-corrected chi connectivity index (χ0v) is 21.8. The van der Waals surface area contributed by atoms with Crippen LogP contribution in [0, 0.1) is 0 Å². The van der Waals surface area contributed by atoms with Gasteiger partial charge >= 0.3 is 0 Å². The number of carbonyl (C=O) groups excluding carboxylic acids is 2. The lowest BCUT2D eigenvalue weighted by Crippen LogP contribution is -2.47. The molecule has 1 unspecified atom stereocenters. The molecule has 1 aromatic heterocycles. The molecule has 1 aliphatic heterocycles. The van der Waals surface area contributed by atoms with Gasteiger partial charge in [0.05, 0.1) is 19.7 Å². The number of nitrogens with zero attached hydrogens (tertiary/aromatic N) is 2. The number of aryl methyl sites for hydroxylation is 1. The highest BCUT2D eigenvalue weighted by Gasteiger charge is 2.34. The van der Waals surface area contributed by atoms with E-state index < -0.39 is 0 Å². The Kier molecular flexibility index (Phi) is 9.14. The quantitative estimate of drug-likeness (QED) is 0.353. The van der Waals surface area contributed by atoms with Crippen molar-refractivity contribution >= 4 is 23.2 Å². The van der Waals surface area contributed by atoms with E-state index in [1.165, 1.54) is 10.4 Å². The van der Waals surface area contributed by atoms with Gasteiger partial charge in [-0.25, -0.2) is 0 Å². The highest BCUT2D eigenvalue weighted by atomic mass is 32.1. The predicted octanol–water partition coefficient (Wildman–Crippen LogP) is 4.73. The van der Waals surface area contributed by atoms with E-state index in [1.807, 2.05) is 59.5 Å². The van der Waals surface area contributed by atoms with Crippen molar-refractivity contribution in [3.63, 3.8) is 0 Å². The van der Waals surface area contributed by atoms with E-state index in [9.17, 15) is 9.59 Å². The van der Waals surface area contributed by atoms with Gasteiger partial charge < -0.3 is 19.3 Å². The van der Waals surface area contributed by atoms with Gasteiger partial charge in [0, 0.05) is 38.1 Å². The lowest BCUT2D eigenvalue weighted by Gasteiger charge is -2.37. The van der Waals surface area contributed by atoms with E-state index in [0.29, 0.717) is 39.0 Å². The zero-order chi connectivity index (χ0) is 25.3. The first-order valence-corrected chi connectivity index (χ1v) is 13.3. The SMILES string of the molecule is COCCCN(CC(=O)N1CCc2sccc2C1c1ccc(OC)cc1)C(=O)CCc1ccccc1. The molecule has 2 aromatic carbocycles. The number of hydrogen-bond acceptors (Lipinski definition) is 5. The first-order chi connectivity index (χ1) is 17.6. The molecule has 0 saturated carbocycles. The molecule has 7 heteroatoms. The number of benzene rings is 2. The summed E-state index contributed by atoms with van der Waals surface area (Å²) in [6, 6.07) is 19.9. The second-order valence-electron chi connectivity index (χ2n) is 8.96. The molecule has 1 aliphatic rings. The molecule has 2 amide bonds. The van der Waals surface area contributed by atoms with Gasteiger partial charge in [0.15, 0.2) is 0 Å². The summed E-state index contributed by atoms with van der Waals surface area (Å²) in [5, 5.41) is 2.10. The van der Waals surface area contributed by atoms with Gasteiger partial charge in [-0.05, 0) is 59.5 Å². The normalized spacial score (nSPS) is 14.8. The molecule has 0 N–H and O–H groups in total. The average Bonchev–Trinajstić information content (AvgIpc) is 3.40. The van der Waals surface area contributed by atoms with E-state index in [4.69, 9.17) is 9.47 Å². The van der Waals surface area contributed by atoms with Crippen LogP contribution in [0.2, 0.25) is 0 Å². The van der Waals surface area contributed by atoms with Crippen LogP contribution in [0.25, 0.3) is 0 Å². The van der Waals surface area contributed by atoms with Gasteiger partial charge in [0.25, 0.3) is 0 Å². The molecule has 6 nitrogen and oxygen atoms in total. The van der Waals surface area contributed by atoms with Crippen LogP contribution >= 0.6 is 11.3 Å². The summed E-state index contributed by atoms with van der Waals surface area (Å²) in [5.74, 6) is 0.752. The lowest BCUT2D eigenvalue weighted by atomic mass is 9.93. The summed E-state index contributed by atoms with van der Waals surface area (Å²) in [4.78, 5) is 31.9. The van der Waals surface area contributed by atoms with Crippen LogP contribution in [-0.4, -0.2) is 62.1 Å². The topological polar surface area (TPSA) is 59.1 Å². The smallest absolute Gasteiger partial charge is 0.242 e. The number of rotatable bonds is 11. The maximum atomic E-state index is 13.7. The van der Waals surface area contributed by atoms with Crippen molar-refractivity contribution in [1.29, 1.82) is 0 Å². The molecule has 190 valence electrons. The summed E-state index contributed by atoms with van der Waals surface area (Å²) < 4.78 is 10.5. The average molecular weight is 507 g/mol. The summed E-state index contributed by atoms with van der Waals surface area (Å²) >= 11 is 1.74. The van der Waals surface area contributed by atoms with Crippen molar-refractivity contribution in [2.45, 2.75) is 31.7 Å². The van der Waals surface area contributed by atoms with Crippen LogP contribution in [0.1, 0.15) is 40.5 Å². The minimum absolute atomic E-state index is 0.00228. The molecule has 0 radical (unpaired) electrons. The van der Waals surface area contributed by atoms with E-state index in [2.05, 4.69) is 11.4 Å². The highest BCUT2D eigenvalue weighted by molar-refractivity contribution is 7.10. The summed E-state index contributed by atoms with van der Waals surface area (Å²) in [7, 11) is 3.30. The first kappa shape index (κ1) is 25.9. The second-order valence-corrected chi connectivity index (χ2v) is 9.96. The van der Waals surface area contributed by atoms with E-state index in [0.717, 1.165) is 23.3 Å². The Hall–Kier alpha value is -3.16. The Labute approximate surface area is 217 Å². The third-order valence-electron chi connectivity index (χ3n) is 6.64. The van der Waals surface area contributed by atoms with Crippen molar-refractivity contribution in [2.24, 2.45) is 0 Å². The molecule has 0 fully saturated rings. The number of methoxy groups -OCH3 is 2. The fraction of sp³-hybridized carbons (Fsp3) is 0.379. The molecular weight excluding hydrogens is 472 g/mol. The predicted molar refractivity (Wildman–Crippen MR) is 142 cm³/mol. The zero-order valence-electron chi connectivity index (χ0n) is 21.0. The van der Waals surface area contributed by atoms with Crippen LogP contribution in [0.4, 0.5) is 0 Å². The number of ether oxygens (including phenoxy) is 2. The Balaban J connectivity index is 1.51. The highest BCUT2D eigenvalue weighted by Crippen LogP contribution is 2.38. The lowest BCUT2D eigenvalue weighted by molar-refractivity contribution is -0.142. The van der Waals surface area contributed by atoms with Gasteiger partial charge in [-0.3, -0.25) is 9.59 Å². The van der Waals surface area contributed by atoms with Crippen LogP contribution < -0.4 is 4.74 Å². The molecular formula is C29H34N2O4S. The monoisotopic (exact) mass is 506 g/mol. The minimum atomic E-state index is -0.168. The van der Waals surface area contributed by atoms with Crippen molar-refractivity contribution in [1.82, 2.24) is 9.80 Å². The Morgan fingerprint density at radius 2 is 1.83 bits per heavy atom. The number of carbonyl (C=O) groups is 2. The van der Waals surface area contributed by atoms with Crippen LogP contribution in [0.5, 0.6) is 5.75 Å². The molecule has 4 rings (SSSR count). The summed E-state index contributed by atoms with van der Waals surface area (Å²) in [6.45, 7) is 1.75. The van der Waals surface area contributed by atoms with Crippen molar-refractivity contribution in [3.05, 3.63) is 87.6 Å². The molecule has 3 aromatic rings. The fourth-order valence-electron chi connectivity index (χ4n) is 4.73. The van der Waals surface area contributed by atoms with Crippen molar-refractivity contribution in [3.8, 4) is 5.75 Å². The number of amides is 2. The van der Waals surface area contributed by atoms with Crippen LogP contribution in [-0.2, 0) is 27.2 Å². The Morgan fingerprint density at radius 3 is 2.56 bits per heavy atom. The van der Waals surface area contributed by atoms with E-state index >= 15 is 0 Å². The fourth-order valence-corrected chi connectivity index (χ4v) is 5.63.